The van der Waals surface area contributed by atoms with Gasteiger partial charge in [0, 0.05) is 27.8 Å². The van der Waals surface area contributed by atoms with Crippen LogP contribution in [0.3, 0.4) is 0 Å². The van der Waals surface area contributed by atoms with Crippen LogP contribution in [0.15, 0.2) is 88.5 Å². The van der Waals surface area contributed by atoms with Gasteiger partial charge >= 0.3 is 0 Å². The molecule has 0 aromatic heterocycles. The highest BCUT2D eigenvalue weighted by Gasteiger charge is 2.51. The predicted molar refractivity (Wildman–Crippen MR) is 124 cm³/mol. The second kappa shape index (κ2) is 7.17. The van der Waals surface area contributed by atoms with Crippen LogP contribution in [0.4, 0.5) is 0 Å². The molecule has 2 aliphatic heterocycles. The Morgan fingerprint density at radius 1 is 1.07 bits per heavy atom. The van der Waals surface area contributed by atoms with Gasteiger partial charge in [-0.1, -0.05) is 78.3 Å². The molecule has 0 N–H and O–H groups in total. The van der Waals surface area contributed by atoms with E-state index in [1.807, 2.05) is 0 Å². The molecule has 0 saturated carbocycles. The minimum Gasteiger partial charge on any atom is -0.264 e. The number of halogens is 1. The summed E-state index contributed by atoms with van der Waals surface area (Å²) < 4.78 is 0. The lowest BCUT2D eigenvalue weighted by Crippen LogP contribution is -2.38. The van der Waals surface area contributed by atoms with Crippen molar-refractivity contribution < 1.29 is 0 Å². The molecule has 2 aromatic rings. The molecule has 28 heavy (non-hydrogen) atoms. The maximum absolute atomic E-state index is 6.38. The third-order valence-electron chi connectivity index (χ3n) is 6.42. The van der Waals surface area contributed by atoms with Gasteiger partial charge < -0.3 is 0 Å². The molecular formula is C25H24ClNS. The van der Waals surface area contributed by atoms with Gasteiger partial charge in [-0.3, -0.25) is 4.99 Å². The molecule has 2 heterocycles. The van der Waals surface area contributed by atoms with E-state index in [9.17, 15) is 0 Å². The summed E-state index contributed by atoms with van der Waals surface area (Å²) in [5.41, 5.74) is 4.03. The highest BCUT2D eigenvalue weighted by atomic mass is 35.5. The molecule has 5 rings (SSSR count). The van der Waals surface area contributed by atoms with Gasteiger partial charge in [-0.25, -0.2) is 0 Å². The van der Waals surface area contributed by atoms with Gasteiger partial charge in [0.2, 0.25) is 0 Å². The number of allylic oxidation sites excluding steroid dienone is 4. The van der Waals surface area contributed by atoms with E-state index in [0.29, 0.717) is 11.2 Å². The SMILES string of the molecule is CS1=C2C(c3ccccc3)C=NC3=CC(Cl)=CCC32CC1Cc1ccccc1. The summed E-state index contributed by atoms with van der Waals surface area (Å²) in [6.07, 6.45) is 12.2. The molecule has 142 valence electrons. The van der Waals surface area contributed by atoms with Crippen LogP contribution in [0, 0.1) is 5.41 Å². The van der Waals surface area contributed by atoms with E-state index < -0.39 is 0 Å². The molecule has 0 bridgehead atoms. The van der Waals surface area contributed by atoms with Crippen LogP contribution in [0.2, 0.25) is 0 Å². The average molecular weight is 406 g/mol. The average Bonchev–Trinajstić information content (AvgIpc) is 3.01. The maximum Gasteiger partial charge on any atom is 0.0525 e. The third kappa shape index (κ3) is 2.94. The van der Waals surface area contributed by atoms with Gasteiger partial charge in [-0.15, -0.1) is 0 Å². The summed E-state index contributed by atoms with van der Waals surface area (Å²) in [6, 6.07) is 21.8. The second-order valence-corrected chi connectivity index (χ2v) is 10.7. The van der Waals surface area contributed by atoms with E-state index >= 15 is 0 Å². The fourth-order valence-electron chi connectivity index (χ4n) is 5.07. The molecule has 0 saturated heterocycles. The lowest BCUT2D eigenvalue weighted by Gasteiger charge is -2.40. The molecule has 1 aliphatic carbocycles. The van der Waals surface area contributed by atoms with Crippen LogP contribution in [-0.4, -0.2) is 22.6 Å². The van der Waals surface area contributed by atoms with Gasteiger partial charge in [0.05, 0.1) is 5.70 Å². The summed E-state index contributed by atoms with van der Waals surface area (Å²) >= 11 is 6.38. The van der Waals surface area contributed by atoms with E-state index in [-0.39, 0.29) is 15.9 Å². The zero-order chi connectivity index (χ0) is 19.1. The van der Waals surface area contributed by atoms with Crippen molar-refractivity contribution in [2.24, 2.45) is 10.4 Å². The van der Waals surface area contributed by atoms with Crippen molar-refractivity contribution in [2.45, 2.75) is 30.4 Å². The van der Waals surface area contributed by atoms with Gasteiger partial charge in [0.1, 0.15) is 0 Å². The van der Waals surface area contributed by atoms with Crippen molar-refractivity contribution in [1.29, 1.82) is 0 Å². The van der Waals surface area contributed by atoms with Crippen molar-refractivity contribution >= 4 is 33.2 Å². The standard InChI is InChI=1S/C25H24ClNS/c1-28-21(14-18-8-4-2-5-9-18)16-25-13-12-20(26)15-23(25)27-17-22(24(25)28)19-10-6-3-7-11-19/h2-12,15,17,21-22H,13-14,16H2,1H3. The molecule has 0 fully saturated rings. The fourth-order valence-corrected chi connectivity index (χ4v) is 8.08. The Bertz CT molecular complexity index is 1020. The van der Waals surface area contributed by atoms with Crippen LogP contribution in [0.5, 0.6) is 0 Å². The van der Waals surface area contributed by atoms with Gasteiger partial charge in [0.25, 0.3) is 0 Å². The molecule has 3 aliphatic rings. The summed E-state index contributed by atoms with van der Waals surface area (Å²) in [4.78, 5) is 6.63. The highest BCUT2D eigenvalue weighted by Crippen LogP contribution is 2.58. The molecule has 2 aromatic carbocycles. The van der Waals surface area contributed by atoms with Crippen LogP contribution >= 0.6 is 22.1 Å². The Kier molecular flexibility index (Phi) is 4.65. The van der Waals surface area contributed by atoms with Gasteiger partial charge in [0.15, 0.2) is 0 Å². The normalized spacial score (nSPS) is 31.1. The van der Waals surface area contributed by atoms with Crippen LogP contribution < -0.4 is 0 Å². The number of hydrogen-bond donors (Lipinski definition) is 0. The van der Waals surface area contributed by atoms with Crippen molar-refractivity contribution in [1.82, 2.24) is 0 Å². The zero-order valence-corrected chi connectivity index (χ0v) is 17.6. The minimum absolute atomic E-state index is 0.0466. The lowest BCUT2D eigenvalue weighted by atomic mass is 9.66. The Hall–Kier alpha value is -1.90. The van der Waals surface area contributed by atoms with Crippen molar-refractivity contribution in [2.75, 3.05) is 6.26 Å². The Morgan fingerprint density at radius 2 is 1.79 bits per heavy atom. The molecule has 3 heteroatoms. The predicted octanol–water partition coefficient (Wildman–Crippen LogP) is 6.34. The molecule has 4 unspecified atom stereocenters. The van der Waals surface area contributed by atoms with Crippen molar-refractivity contribution in [3.63, 3.8) is 0 Å². The molecule has 1 spiro atoms. The number of hydrogen-bond acceptors (Lipinski definition) is 1. The summed E-state index contributed by atoms with van der Waals surface area (Å²) in [7, 11) is 0.215. The second-order valence-electron chi connectivity index (χ2n) is 8.01. The fraction of sp³-hybridized carbons (Fsp3) is 0.280. The molecule has 0 radical (unpaired) electrons. The number of rotatable bonds is 3. The quantitative estimate of drug-likeness (QED) is 0.528. The number of nitrogens with zero attached hydrogens (tertiary/aromatic N) is 1. The monoisotopic (exact) mass is 405 g/mol. The van der Waals surface area contributed by atoms with Crippen LogP contribution in [-0.2, 0) is 6.42 Å². The Labute approximate surface area is 174 Å². The largest absolute Gasteiger partial charge is 0.264 e. The van der Waals surface area contributed by atoms with Crippen LogP contribution in [0.25, 0.3) is 0 Å². The summed E-state index contributed by atoms with van der Waals surface area (Å²) in [5, 5.41) is 1.48. The number of aliphatic imine (C=N–C) groups is 1. The lowest BCUT2D eigenvalue weighted by molar-refractivity contribution is 0.448. The molecule has 1 nitrogen and oxygen atoms in total. The summed E-state index contributed by atoms with van der Waals surface area (Å²) in [5.74, 6) is 0.303. The topological polar surface area (TPSA) is 12.4 Å². The first-order valence-electron chi connectivity index (χ1n) is 9.90. The van der Waals surface area contributed by atoms with Crippen molar-refractivity contribution in [3.8, 4) is 0 Å². The first-order chi connectivity index (χ1) is 13.7. The Balaban J connectivity index is 1.62. The van der Waals surface area contributed by atoms with E-state index in [4.69, 9.17) is 16.6 Å². The van der Waals surface area contributed by atoms with Crippen molar-refractivity contribution in [3.05, 3.63) is 94.7 Å². The summed E-state index contributed by atoms with van der Waals surface area (Å²) in [6.45, 7) is 0. The maximum atomic E-state index is 6.38. The van der Waals surface area contributed by atoms with Crippen LogP contribution in [0.1, 0.15) is 29.9 Å². The number of benzene rings is 2. The minimum atomic E-state index is 0.0466. The van der Waals surface area contributed by atoms with E-state index in [0.717, 1.165) is 17.9 Å². The highest BCUT2D eigenvalue weighted by molar-refractivity contribution is 8.16. The smallest absolute Gasteiger partial charge is 0.0525 e. The molecule has 0 amide bonds. The van der Waals surface area contributed by atoms with E-state index in [1.54, 1.807) is 4.86 Å². The first kappa shape index (κ1) is 18.1. The van der Waals surface area contributed by atoms with E-state index in [1.165, 1.54) is 23.2 Å². The third-order valence-corrected chi connectivity index (χ3v) is 9.35. The zero-order valence-electron chi connectivity index (χ0n) is 16.0. The molecule has 4 atom stereocenters. The van der Waals surface area contributed by atoms with Gasteiger partial charge in [-0.05, 0) is 47.6 Å². The Morgan fingerprint density at radius 3 is 2.54 bits per heavy atom. The first-order valence-corrected chi connectivity index (χ1v) is 12.0. The molecular weight excluding hydrogens is 382 g/mol. The van der Waals surface area contributed by atoms with E-state index in [2.05, 4.69) is 85.3 Å². The van der Waals surface area contributed by atoms with Gasteiger partial charge in [-0.2, -0.15) is 10.5 Å².